The average molecular weight is 922 g/mol. The molecule has 64 heavy (non-hydrogen) atoms. The molecule has 0 atom stereocenters. The molecule has 0 saturated carbocycles. The number of nitrogens with zero attached hydrogens (tertiary/aromatic N) is 2. The third kappa shape index (κ3) is 6.71. The minimum atomic E-state index is -4.54. The first-order chi connectivity index (χ1) is 29.9. The van der Waals surface area contributed by atoms with E-state index in [1.165, 1.54) is 24.3 Å². The Morgan fingerprint density at radius 1 is 0.688 bits per heavy atom. The quantitative estimate of drug-likeness (QED) is 0.0693. The number of carboxylic acids is 1. The molecule has 7 aromatic rings. The molecule has 0 saturated heterocycles. The van der Waals surface area contributed by atoms with Gasteiger partial charge in [-0.3, -0.25) is 13.7 Å². The average Bonchev–Trinajstić information content (AvgIpc) is 3.66. The van der Waals surface area contributed by atoms with E-state index in [1.807, 2.05) is 24.3 Å². The van der Waals surface area contributed by atoms with Crippen LogP contribution in [0, 0.1) is 0 Å². The number of rotatable bonds is 8. The maximum Gasteiger partial charge on any atom is 0.335 e. The van der Waals surface area contributed by atoms with Crippen LogP contribution in [-0.2, 0) is 41.2 Å². The molecule has 17 heteroatoms. The number of fused-ring (bicyclic) bond motifs is 14. The van der Waals surface area contributed by atoms with E-state index in [-0.39, 0.29) is 28.3 Å². The van der Waals surface area contributed by atoms with Crippen LogP contribution >= 0.6 is 0 Å². The van der Waals surface area contributed by atoms with Gasteiger partial charge in [0, 0.05) is 52.4 Å². The van der Waals surface area contributed by atoms with Gasteiger partial charge in [0.25, 0.3) is 30.4 Å². The van der Waals surface area contributed by atoms with Crippen LogP contribution in [0.1, 0.15) is 61.2 Å². The minimum absolute atomic E-state index is 0.124. The van der Waals surface area contributed by atoms with E-state index in [0.29, 0.717) is 46.1 Å². The second-order valence-corrected chi connectivity index (χ2v) is 22.6. The summed E-state index contributed by atoms with van der Waals surface area (Å²) in [5, 5.41) is 16.7. The predicted molar refractivity (Wildman–Crippen MR) is 244 cm³/mol. The van der Waals surface area contributed by atoms with E-state index in [1.54, 1.807) is 36.4 Å². The lowest BCUT2D eigenvalue weighted by Crippen LogP contribution is -2.30. The maximum absolute atomic E-state index is 12.3. The Kier molecular flexibility index (Phi) is 9.05. The van der Waals surface area contributed by atoms with Crippen molar-refractivity contribution < 1.29 is 53.5 Å². The van der Waals surface area contributed by atoms with Crippen molar-refractivity contribution in [2.75, 3.05) is 30.3 Å². The summed E-state index contributed by atoms with van der Waals surface area (Å²) in [6.45, 7) is 9.51. The molecule has 0 fully saturated rings. The van der Waals surface area contributed by atoms with Crippen molar-refractivity contribution in [2.24, 2.45) is 0 Å². The van der Waals surface area contributed by atoms with Crippen LogP contribution in [0.15, 0.2) is 94.7 Å². The largest absolute Gasteiger partial charge is 0.478 e. The third-order valence-electron chi connectivity index (χ3n) is 12.8. The molecule has 0 radical (unpaired) electrons. The molecule has 3 aliphatic heterocycles. The first-order valence-electron chi connectivity index (χ1n) is 20.3. The monoisotopic (exact) mass is 921 g/mol. The van der Waals surface area contributed by atoms with Crippen molar-refractivity contribution in [1.82, 2.24) is 4.58 Å². The molecule has 0 aliphatic carbocycles. The van der Waals surface area contributed by atoms with Gasteiger partial charge in [-0.1, -0.05) is 26.0 Å². The molecule has 7 aromatic carbocycles. The summed E-state index contributed by atoms with van der Waals surface area (Å²) in [4.78, 5) is 13.4. The van der Waals surface area contributed by atoms with Crippen LogP contribution in [0.4, 0.5) is 11.4 Å². The fourth-order valence-corrected chi connectivity index (χ4v) is 11.7. The summed E-state index contributed by atoms with van der Waals surface area (Å²) in [7, 11) is -13.3. The number of aromatic carboxylic acids is 1. The second kappa shape index (κ2) is 13.8. The second-order valence-electron chi connectivity index (χ2n) is 18.2. The number of carbonyl (C=O) groups is 1. The lowest BCUT2D eigenvalue weighted by molar-refractivity contribution is 0.0696. The highest BCUT2D eigenvalue weighted by Gasteiger charge is 2.46. The first kappa shape index (κ1) is 42.0. The number of hydrogen-bond donors (Lipinski definition) is 4. The van der Waals surface area contributed by atoms with E-state index >= 15 is 0 Å². The van der Waals surface area contributed by atoms with Crippen molar-refractivity contribution in [3.8, 4) is 11.5 Å². The summed E-state index contributed by atoms with van der Waals surface area (Å²) in [6.07, 6.45) is 2.22. The molecule has 0 amide bonds. The van der Waals surface area contributed by atoms with E-state index in [9.17, 15) is 48.8 Å². The SMILES string of the molecule is CC1(C)CN(CCCS(=O)(=O)O)c2c1c1c(c3cc4ccc(S(=O)(=O)O)cc4cc23)C=c2c(c3c(c4cc5cc(S(=O)(=O)O)ccc5cc24)=[N+](c2ccc(C(=O)O)cc2)CC3(C)C)O1. The van der Waals surface area contributed by atoms with Gasteiger partial charge in [0.05, 0.1) is 43.2 Å². The van der Waals surface area contributed by atoms with Crippen LogP contribution in [0.3, 0.4) is 0 Å². The van der Waals surface area contributed by atoms with Crippen LogP contribution in [0.2, 0.25) is 0 Å². The zero-order valence-electron chi connectivity index (χ0n) is 34.9. The fourth-order valence-electron chi connectivity index (χ4n) is 10.1. The number of benzene rings is 7. The molecule has 0 unspecified atom stereocenters. The van der Waals surface area contributed by atoms with Gasteiger partial charge >= 0.3 is 5.97 Å². The Morgan fingerprint density at radius 2 is 1.27 bits per heavy atom. The van der Waals surface area contributed by atoms with Crippen LogP contribution in [-0.4, -0.2) is 75.4 Å². The van der Waals surface area contributed by atoms with Crippen LogP contribution < -0.4 is 24.8 Å². The van der Waals surface area contributed by atoms with Gasteiger partial charge in [-0.2, -0.15) is 29.8 Å². The Bertz CT molecular complexity index is 3790. The van der Waals surface area contributed by atoms with E-state index in [0.717, 1.165) is 60.2 Å². The van der Waals surface area contributed by atoms with Crippen molar-refractivity contribution in [2.45, 2.75) is 54.7 Å². The van der Waals surface area contributed by atoms with Gasteiger partial charge in [0.2, 0.25) is 11.0 Å². The summed E-state index contributed by atoms with van der Waals surface area (Å²) in [6, 6.07) is 23.0. The summed E-state index contributed by atoms with van der Waals surface area (Å²) in [5.74, 6) is -0.325. The van der Waals surface area contributed by atoms with Crippen molar-refractivity contribution >= 4 is 96.9 Å². The van der Waals surface area contributed by atoms with Crippen molar-refractivity contribution in [1.29, 1.82) is 0 Å². The molecular formula is C47H41N2O12S3+. The Hall–Kier alpha value is -5.95. The van der Waals surface area contributed by atoms with Gasteiger partial charge in [-0.15, -0.1) is 0 Å². The standard InChI is InChI=1S/C47H40N2O12S3/c1-46(2)23-48(14-5-15-62(52,53)54)41-35-20-28-16-31(63(55,56)57)12-8-26(28)18-33(35)37-22-38-34-19-27-9-13-32(64(58,59)60)17-29(27)21-36(34)42-40(44(38)61-43(37)39(41)46)47(3,4)24-49(42)30-10-6-25(7-11-30)45(50)51/h6-13,16-22H,5,14-15,23-24H2,1-4H3,(H3-,50,51,52,53,54,55,56,57,58,59,60)/p+1. The van der Waals surface area contributed by atoms with E-state index in [4.69, 9.17) is 4.74 Å². The molecular weight excluding hydrogens is 881 g/mol. The highest BCUT2D eigenvalue weighted by Crippen LogP contribution is 2.55. The van der Waals surface area contributed by atoms with Gasteiger partial charge < -0.3 is 14.7 Å². The minimum Gasteiger partial charge on any atom is -0.478 e. The van der Waals surface area contributed by atoms with Gasteiger partial charge in [-0.25, -0.2) is 4.79 Å². The lowest BCUT2D eigenvalue weighted by atomic mass is 9.80. The molecule has 0 spiro atoms. The molecule has 10 rings (SSSR count). The molecule has 4 N–H and O–H groups in total. The normalized spacial score (nSPS) is 16.4. The summed E-state index contributed by atoms with van der Waals surface area (Å²) in [5.41, 5.74) is 2.88. The fraction of sp³-hybridized carbons (Fsp3) is 0.234. The zero-order valence-corrected chi connectivity index (χ0v) is 37.3. The number of carboxylic acid groups (broad SMARTS) is 1. The van der Waals surface area contributed by atoms with E-state index < -0.39 is 52.9 Å². The van der Waals surface area contributed by atoms with Crippen LogP contribution in [0.25, 0.3) is 49.2 Å². The number of anilines is 1. The first-order valence-corrected chi connectivity index (χ1v) is 24.8. The molecule has 0 bridgehead atoms. The highest BCUT2D eigenvalue weighted by atomic mass is 32.2. The Balaban J connectivity index is 1.35. The molecule has 3 aliphatic rings. The summed E-state index contributed by atoms with van der Waals surface area (Å²) >= 11 is 0. The molecule has 14 nitrogen and oxygen atoms in total. The van der Waals surface area contributed by atoms with Crippen molar-refractivity contribution in [3.63, 3.8) is 0 Å². The van der Waals surface area contributed by atoms with Crippen molar-refractivity contribution in [3.05, 3.63) is 118 Å². The molecule has 328 valence electrons. The molecule has 0 aromatic heterocycles. The van der Waals surface area contributed by atoms with Gasteiger partial charge in [0.15, 0.2) is 6.54 Å². The number of hydrogen-bond acceptors (Lipinski definition) is 9. The zero-order chi connectivity index (χ0) is 45.6. The van der Waals surface area contributed by atoms with Crippen LogP contribution in [0.5, 0.6) is 11.5 Å². The highest BCUT2D eigenvalue weighted by molar-refractivity contribution is 7.86. The number of ether oxygens (including phenoxy) is 1. The predicted octanol–water partition coefficient (Wildman–Crippen LogP) is 6.92. The Labute approximate surface area is 367 Å². The maximum atomic E-state index is 12.3. The van der Waals surface area contributed by atoms with Gasteiger partial charge in [0.1, 0.15) is 11.5 Å². The van der Waals surface area contributed by atoms with Gasteiger partial charge in [-0.05, 0) is 119 Å². The Morgan fingerprint density at radius 3 is 1.84 bits per heavy atom. The lowest BCUT2D eigenvalue weighted by Gasteiger charge is -2.28. The summed E-state index contributed by atoms with van der Waals surface area (Å²) < 4.78 is 112. The third-order valence-corrected chi connectivity index (χ3v) is 15.3. The smallest absolute Gasteiger partial charge is 0.335 e. The topological polar surface area (TPSA) is 216 Å². The van der Waals surface area contributed by atoms with E-state index in [2.05, 4.69) is 43.2 Å². The molecule has 3 heterocycles.